The lowest BCUT2D eigenvalue weighted by Gasteiger charge is -2.18. The molecule has 144 valence electrons. The smallest absolute Gasteiger partial charge is 0.408 e. The Balaban J connectivity index is 1.61. The molecule has 0 saturated carbocycles. The highest BCUT2D eigenvalue weighted by molar-refractivity contribution is 5.71. The molecule has 4 rings (SSSR count). The van der Waals surface area contributed by atoms with Crippen LogP contribution in [0.5, 0.6) is 0 Å². The largest absolute Gasteiger partial charge is 0.439 e. The van der Waals surface area contributed by atoms with Crippen molar-refractivity contribution < 1.29 is 23.0 Å². The van der Waals surface area contributed by atoms with Gasteiger partial charge in [0.25, 0.3) is 0 Å². The SMILES string of the molecule is O=C1N[C@H](c2cncc(C#CC3CCOCC3)c2)[C@@H](c2cc(F)ccc2F)O1. The van der Waals surface area contributed by atoms with E-state index in [1.807, 2.05) is 0 Å². The van der Waals surface area contributed by atoms with E-state index in [1.165, 1.54) is 0 Å². The second-order valence-corrected chi connectivity index (χ2v) is 6.78. The minimum atomic E-state index is -0.997. The van der Waals surface area contributed by atoms with Crippen LogP contribution < -0.4 is 5.32 Å². The first-order chi connectivity index (χ1) is 13.6. The van der Waals surface area contributed by atoms with Crippen molar-refractivity contribution in [1.82, 2.24) is 10.3 Å². The molecule has 0 radical (unpaired) electrons. The van der Waals surface area contributed by atoms with Crippen LogP contribution >= 0.6 is 0 Å². The summed E-state index contributed by atoms with van der Waals surface area (Å²) in [5.41, 5.74) is 1.27. The van der Waals surface area contributed by atoms with Crippen molar-refractivity contribution in [3.63, 3.8) is 0 Å². The molecular weight excluding hydrogens is 366 g/mol. The topological polar surface area (TPSA) is 60.5 Å². The standard InChI is InChI=1S/C21H18F2N2O3/c22-16-3-4-18(23)17(10-16)20-19(25-21(26)28-20)15-9-14(11-24-12-15)2-1-13-5-7-27-8-6-13/h3-4,9-13,19-20H,5-8H2,(H,25,26)/t19-,20-/m1/s1. The first-order valence-electron chi connectivity index (χ1n) is 9.06. The summed E-state index contributed by atoms with van der Waals surface area (Å²) in [5.74, 6) is 5.37. The minimum Gasteiger partial charge on any atom is -0.439 e. The first-order valence-corrected chi connectivity index (χ1v) is 9.06. The van der Waals surface area contributed by atoms with Gasteiger partial charge in [0.2, 0.25) is 0 Å². The third-order valence-electron chi connectivity index (χ3n) is 4.84. The molecule has 2 saturated heterocycles. The fourth-order valence-corrected chi connectivity index (χ4v) is 3.38. The van der Waals surface area contributed by atoms with Gasteiger partial charge in [0.05, 0.1) is 0 Å². The summed E-state index contributed by atoms with van der Waals surface area (Å²) in [5, 5.41) is 2.64. The van der Waals surface area contributed by atoms with Crippen LogP contribution in [0.4, 0.5) is 13.6 Å². The first kappa shape index (κ1) is 18.4. The van der Waals surface area contributed by atoms with Gasteiger partial charge in [-0.25, -0.2) is 13.6 Å². The highest BCUT2D eigenvalue weighted by atomic mass is 19.1. The van der Waals surface area contributed by atoms with Gasteiger partial charge < -0.3 is 14.8 Å². The monoisotopic (exact) mass is 384 g/mol. The van der Waals surface area contributed by atoms with E-state index in [0.29, 0.717) is 24.3 Å². The number of halogens is 2. The molecule has 5 nitrogen and oxygen atoms in total. The van der Waals surface area contributed by atoms with E-state index in [0.717, 1.165) is 31.0 Å². The van der Waals surface area contributed by atoms with E-state index in [4.69, 9.17) is 9.47 Å². The highest BCUT2D eigenvalue weighted by Gasteiger charge is 2.38. The lowest BCUT2D eigenvalue weighted by Crippen LogP contribution is -2.20. The number of cyclic esters (lactones) is 1. The van der Waals surface area contributed by atoms with E-state index in [1.54, 1.807) is 18.5 Å². The Bertz CT molecular complexity index is 948. The van der Waals surface area contributed by atoms with Crippen molar-refractivity contribution >= 4 is 6.09 Å². The molecule has 2 fully saturated rings. The van der Waals surface area contributed by atoms with Crippen molar-refractivity contribution in [2.75, 3.05) is 13.2 Å². The zero-order chi connectivity index (χ0) is 19.5. The molecule has 2 aliphatic heterocycles. The van der Waals surface area contributed by atoms with Crippen molar-refractivity contribution in [2.24, 2.45) is 5.92 Å². The molecule has 0 spiro atoms. The Morgan fingerprint density at radius 2 is 1.96 bits per heavy atom. The molecule has 3 heterocycles. The summed E-state index contributed by atoms with van der Waals surface area (Å²) in [6, 6.07) is 4.16. The number of carbonyl (C=O) groups excluding carboxylic acids is 1. The molecule has 1 amide bonds. The van der Waals surface area contributed by atoms with Gasteiger partial charge >= 0.3 is 6.09 Å². The van der Waals surface area contributed by atoms with Crippen LogP contribution in [0.3, 0.4) is 0 Å². The number of alkyl carbamates (subject to hydrolysis) is 1. The number of nitrogens with one attached hydrogen (secondary N) is 1. The Morgan fingerprint density at radius 3 is 2.79 bits per heavy atom. The van der Waals surface area contributed by atoms with Crippen LogP contribution in [-0.2, 0) is 9.47 Å². The Hall–Kier alpha value is -2.98. The van der Waals surface area contributed by atoms with E-state index < -0.39 is 29.9 Å². The average Bonchev–Trinajstić information content (AvgIpc) is 3.11. The number of ether oxygens (including phenoxy) is 2. The predicted octanol–water partition coefficient (Wildman–Crippen LogP) is 3.66. The number of amides is 1. The molecule has 0 unspecified atom stereocenters. The highest BCUT2D eigenvalue weighted by Crippen LogP contribution is 2.38. The van der Waals surface area contributed by atoms with Crippen molar-refractivity contribution in [1.29, 1.82) is 0 Å². The summed E-state index contributed by atoms with van der Waals surface area (Å²) in [7, 11) is 0. The van der Waals surface area contributed by atoms with E-state index >= 15 is 0 Å². The van der Waals surface area contributed by atoms with E-state index in [9.17, 15) is 13.6 Å². The number of hydrogen-bond donors (Lipinski definition) is 1. The maximum Gasteiger partial charge on any atom is 0.408 e. The van der Waals surface area contributed by atoms with Crippen molar-refractivity contribution in [2.45, 2.75) is 25.0 Å². The Morgan fingerprint density at radius 1 is 1.14 bits per heavy atom. The third-order valence-corrected chi connectivity index (χ3v) is 4.84. The Labute approximate surface area is 161 Å². The number of aromatic nitrogens is 1. The summed E-state index contributed by atoms with van der Waals surface area (Å²) in [6.45, 7) is 1.42. The molecule has 0 aliphatic carbocycles. The summed E-state index contributed by atoms with van der Waals surface area (Å²) in [6.07, 6.45) is 3.29. The lowest BCUT2D eigenvalue weighted by molar-refractivity contribution is 0.0807. The van der Waals surface area contributed by atoms with Gasteiger partial charge in [0.1, 0.15) is 17.7 Å². The molecular formula is C21H18F2N2O3. The maximum atomic E-state index is 14.2. The molecule has 1 N–H and O–H groups in total. The average molecular weight is 384 g/mol. The molecule has 1 aromatic carbocycles. The molecule has 7 heteroatoms. The number of carbonyl (C=O) groups is 1. The van der Waals surface area contributed by atoms with Crippen LogP contribution in [0, 0.1) is 29.4 Å². The van der Waals surface area contributed by atoms with Crippen LogP contribution in [0.25, 0.3) is 0 Å². The zero-order valence-corrected chi connectivity index (χ0v) is 15.0. The molecule has 0 bridgehead atoms. The molecule has 1 aromatic heterocycles. The molecule has 28 heavy (non-hydrogen) atoms. The number of benzene rings is 1. The van der Waals surface area contributed by atoms with Gasteiger partial charge in [-0.05, 0) is 42.7 Å². The van der Waals surface area contributed by atoms with Crippen LogP contribution in [0.2, 0.25) is 0 Å². The van der Waals surface area contributed by atoms with Crippen LogP contribution in [0.15, 0.2) is 36.7 Å². The molecule has 2 aromatic rings. The number of hydrogen-bond acceptors (Lipinski definition) is 4. The third kappa shape index (κ3) is 3.97. The number of pyridine rings is 1. The lowest BCUT2D eigenvalue weighted by atomic mass is 9.96. The molecule has 2 aliphatic rings. The van der Waals surface area contributed by atoms with Gasteiger partial charge in [-0.15, -0.1) is 0 Å². The summed E-state index contributed by atoms with van der Waals surface area (Å²) >= 11 is 0. The molecule has 2 atom stereocenters. The van der Waals surface area contributed by atoms with Crippen LogP contribution in [0.1, 0.15) is 41.7 Å². The zero-order valence-electron chi connectivity index (χ0n) is 15.0. The fraction of sp³-hybridized carbons (Fsp3) is 0.333. The normalized spacial score (nSPS) is 22.1. The van der Waals surface area contributed by atoms with Crippen molar-refractivity contribution in [3.05, 3.63) is 65.0 Å². The predicted molar refractivity (Wildman–Crippen MR) is 96.1 cm³/mol. The van der Waals surface area contributed by atoms with Crippen LogP contribution in [-0.4, -0.2) is 24.3 Å². The summed E-state index contributed by atoms with van der Waals surface area (Å²) < 4.78 is 38.4. The van der Waals surface area contributed by atoms with Gasteiger partial charge in [-0.2, -0.15) is 0 Å². The van der Waals surface area contributed by atoms with Gasteiger partial charge in [-0.1, -0.05) is 11.8 Å². The fourth-order valence-electron chi connectivity index (χ4n) is 3.38. The van der Waals surface area contributed by atoms with Gasteiger partial charge in [0.15, 0.2) is 6.10 Å². The second kappa shape index (κ2) is 7.95. The number of rotatable bonds is 2. The van der Waals surface area contributed by atoms with E-state index in [-0.39, 0.29) is 11.5 Å². The van der Waals surface area contributed by atoms with Crippen molar-refractivity contribution in [3.8, 4) is 11.8 Å². The second-order valence-electron chi connectivity index (χ2n) is 6.78. The van der Waals surface area contributed by atoms with Gasteiger partial charge in [0, 0.05) is 42.7 Å². The summed E-state index contributed by atoms with van der Waals surface area (Å²) in [4.78, 5) is 16.0. The minimum absolute atomic E-state index is 0.0259. The maximum absolute atomic E-state index is 14.2. The van der Waals surface area contributed by atoms with Gasteiger partial charge in [-0.3, -0.25) is 4.98 Å². The quantitative estimate of drug-likeness (QED) is 0.803. The Kier molecular flexibility index (Phi) is 5.22. The number of nitrogens with zero attached hydrogens (tertiary/aromatic N) is 1. The van der Waals surface area contributed by atoms with E-state index in [2.05, 4.69) is 22.1 Å².